The second-order valence-electron chi connectivity index (χ2n) is 5.33. The van der Waals surface area contributed by atoms with Gasteiger partial charge in [0.1, 0.15) is 5.75 Å². The van der Waals surface area contributed by atoms with E-state index < -0.39 is 0 Å². The average Bonchev–Trinajstić information content (AvgIpc) is 2.44. The Kier molecular flexibility index (Phi) is 4.59. The minimum absolute atomic E-state index is 0.0767. The van der Waals surface area contributed by atoms with Gasteiger partial charge in [0.15, 0.2) is 5.78 Å². The molecule has 1 aliphatic carbocycles. The summed E-state index contributed by atoms with van der Waals surface area (Å²) >= 11 is 0. The van der Waals surface area contributed by atoms with E-state index in [1.54, 1.807) is 0 Å². The van der Waals surface area contributed by atoms with Crippen LogP contribution in [0.2, 0.25) is 0 Å². The van der Waals surface area contributed by atoms with Gasteiger partial charge >= 0.3 is 0 Å². The highest BCUT2D eigenvalue weighted by Crippen LogP contribution is 2.34. The standard InChI is InChI=1S/C16H23NO2/c1-2-3-8-14(18)15-13-7-5-4-6-11(13)9-12(10-17)16(15)19/h9,19H,2-8,10,17H2,1H3. The predicted octanol–water partition coefficient (Wildman–Crippen LogP) is 3.10. The van der Waals surface area contributed by atoms with Crippen molar-refractivity contribution in [3.8, 4) is 5.75 Å². The lowest BCUT2D eigenvalue weighted by atomic mass is 9.84. The molecule has 3 nitrogen and oxygen atoms in total. The molecule has 3 heteroatoms. The number of hydrogen-bond acceptors (Lipinski definition) is 3. The molecule has 3 N–H and O–H groups in total. The zero-order valence-electron chi connectivity index (χ0n) is 11.7. The van der Waals surface area contributed by atoms with E-state index in [9.17, 15) is 9.90 Å². The molecule has 0 bridgehead atoms. The van der Waals surface area contributed by atoms with Crippen LogP contribution in [0.15, 0.2) is 6.07 Å². The van der Waals surface area contributed by atoms with Gasteiger partial charge in [-0.2, -0.15) is 0 Å². The van der Waals surface area contributed by atoms with E-state index in [0.29, 0.717) is 17.5 Å². The normalized spacial score (nSPS) is 14.2. The van der Waals surface area contributed by atoms with E-state index in [4.69, 9.17) is 5.73 Å². The molecule has 104 valence electrons. The first-order valence-electron chi connectivity index (χ1n) is 7.28. The lowest BCUT2D eigenvalue weighted by Gasteiger charge is -2.22. The van der Waals surface area contributed by atoms with Gasteiger partial charge in [0.25, 0.3) is 0 Å². The van der Waals surface area contributed by atoms with Gasteiger partial charge in [-0.05, 0) is 43.2 Å². The molecule has 0 aromatic heterocycles. The number of ketones is 1. The third kappa shape index (κ3) is 2.81. The highest BCUT2D eigenvalue weighted by molar-refractivity contribution is 6.00. The number of aromatic hydroxyl groups is 1. The Morgan fingerprint density at radius 2 is 2.11 bits per heavy atom. The number of nitrogens with two attached hydrogens (primary N) is 1. The van der Waals surface area contributed by atoms with Gasteiger partial charge in [-0.1, -0.05) is 19.4 Å². The van der Waals surface area contributed by atoms with Crippen molar-refractivity contribution < 1.29 is 9.90 Å². The highest BCUT2D eigenvalue weighted by Gasteiger charge is 2.23. The van der Waals surface area contributed by atoms with Crippen LogP contribution in [0.4, 0.5) is 0 Å². The number of aryl methyl sites for hydroxylation is 1. The van der Waals surface area contributed by atoms with Gasteiger partial charge in [0.2, 0.25) is 0 Å². The quantitative estimate of drug-likeness (QED) is 0.800. The summed E-state index contributed by atoms with van der Waals surface area (Å²) in [6, 6.07) is 1.99. The number of unbranched alkanes of at least 4 members (excludes halogenated alkanes) is 1. The van der Waals surface area contributed by atoms with E-state index in [2.05, 4.69) is 6.92 Å². The summed E-state index contributed by atoms with van der Waals surface area (Å²) in [6.45, 7) is 2.35. The molecular weight excluding hydrogens is 238 g/mol. The summed E-state index contributed by atoms with van der Waals surface area (Å²) in [7, 11) is 0. The van der Waals surface area contributed by atoms with Crippen molar-refractivity contribution in [2.45, 2.75) is 58.4 Å². The predicted molar refractivity (Wildman–Crippen MR) is 76.5 cm³/mol. The fourth-order valence-electron chi connectivity index (χ4n) is 2.87. The van der Waals surface area contributed by atoms with Gasteiger partial charge in [-0.25, -0.2) is 0 Å². The van der Waals surface area contributed by atoms with Crippen molar-refractivity contribution in [3.63, 3.8) is 0 Å². The molecule has 0 saturated carbocycles. The number of phenolic OH excluding ortho intramolecular Hbond substituents is 1. The monoisotopic (exact) mass is 261 g/mol. The molecule has 1 aliphatic rings. The topological polar surface area (TPSA) is 63.3 Å². The third-order valence-electron chi connectivity index (χ3n) is 3.96. The Morgan fingerprint density at radius 3 is 2.79 bits per heavy atom. The molecule has 0 unspecified atom stereocenters. The van der Waals surface area contributed by atoms with E-state index in [1.807, 2.05) is 6.07 Å². The summed E-state index contributed by atoms with van der Waals surface area (Å²) in [5, 5.41) is 10.3. The van der Waals surface area contributed by atoms with Crippen LogP contribution in [-0.4, -0.2) is 10.9 Å². The van der Waals surface area contributed by atoms with E-state index in [0.717, 1.165) is 44.1 Å². The van der Waals surface area contributed by atoms with Gasteiger partial charge in [-0.15, -0.1) is 0 Å². The number of carbonyl (C=O) groups excluding carboxylic acids is 1. The molecule has 2 rings (SSSR count). The van der Waals surface area contributed by atoms with Crippen LogP contribution in [0.25, 0.3) is 0 Å². The Labute approximate surface area is 114 Å². The van der Waals surface area contributed by atoms with Crippen molar-refractivity contribution in [1.82, 2.24) is 0 Å². The molecule has 0 spiro atoms. The average molecular weight is 261 g/mol. The van der Waals surface area contributed by atoms with Gasteiger partial charge in [0, 0.05) is 18.5 Å². The molecule has 0 atom stereocenters. The first-order chi connectivity index (χ1) is 9.19. The second kappa shape index (κ2) is 6.20. The Balaban J connectivity index is 2.46. The SMILES string of the molecule is CCCCC(=O)c1c(O)c(CN)cc2c1CCCC2. The Morgan fingerprint density at radius 1 is 1.37 bits per heavy atom. The van der Waals surface area contributed by atoms with Crippen molar-refractivity contribution in [2.24, 2.45) is 5.73 Å². The summed E-state index contributed by atoms with van der Waals surface area (Å²) in [6.07, 6.45) is 6.54. The second-order valence-corrected chi connectivity index (χ2v) is 5.33. The smallest absolute Gasteiger partial charge is 0.166 e. The molecule has 0 radical (unpaired) electrons. The first-order valence-corrected chi connectivity index (χ1v) is 7.28. The van der Waals surface area contributed by atoms with E-state index in [1.165, 1.54) is 5.56 Å². The van der Waals surface area contributed by atoms with Crippen LogP contribution in [-0.2, 0) is 19.4 Å². The summed E-state index contributed by atoms with van der Waals surface area (Å²) in [5.41, 5.74) is 9.24. The van der Waals surface area contributed by atoms with Crippen LogP contribution in [0.3, 0.4) is 0 Å². The molecule has 1 aromatic carbocycles. The third-order valence-corrected chi connectivity index (χ3v) is 3.96. The highest BCUT2D eigenvalue weighted by atomic mass is 16.3. The van der Waals surface area contributed by atoms with Gasteiger partial charge < -0.3 is 10.8 Å². The number of carbonyl (C=O) groups is 1. The van der Waals surface area contributed by atoms with Crippen LogP contribution in [0.1, 0.15) is 66.1 Å². The van der Waals surface area contributed by atoms with Crippen molar-refractivity contribution in [2.75, 3.05) is 0 Å². The fraction of sp³-hybridized carbons (Fsp3) is 0.562. The summed E-state index contributed by atoms with van der Waals surface area (Å²) < 4.78 is 0. The Bertz CT molecular complexity index is 480. The molecule has 0 heterocycles. The summed E-state index contributed by atoms with van der Waals surface area (Å²) in [5.74, 6) is 0.206. The van der Waals surface area contributed by atoms with E-state index >= 15 is 0 Å². The van der Waals surface area contributed by atoms with Crippen LogP contribution >= 0.6 is 0 Å². The minimum atomic E-state index is 0.0767. The molecular formula is C16H23NO2. The maximum absolute atomic E-state index is 12.4. The molecule has 0 fully saturated rings. The van der Waals surface area contributed by atoms with Crippen molar-refractivity contribution >= 4 is 5.78 Å². The first kappa shape index (κ1) is 14.1. The molecule has 0 aliphatic heterocycles. The number of hydrogen-bond donors (Lipinski definition) is 2. The van der Waals surface area contributed by atoms with Crippen LogP contribution in [0, 0.1) is 0 Å². The van der Waals surface area contributed by atoms with Crippen molar-refractivity contribution in [3.05, 3.63) is 28.3 Å². The number of Topliss-reactive ketones (excluding diaryl/α,β-unsaturated/α-hetero) is 1. The molecule has 0 amide bonds. The maximum Gasteiger partial charge on any atom is 0.166 e. The lowest BCUT2D eigenvalue weighted by Crippen LogP contribution is -2.14. The molecule has 0 saturated heterocycles. The number of phenols is 1. The summed E-state index contributed by atoms with van der Waals surface area (Å²) in [4.78, 5) is 12.4. The molecule has 19 heavy (non-hydrogen) atoms. The zero-order valence-corrected chi connectivity index (χ0v) is 11.7. The number of rotatable bonds is 5. The maximum atomic E-state index is 12.4. The zero-order chi connectivity index (χ0) is 13.8. The minimum Gasteiger partial charge on any atom is -0.507 e. The molecule has 1 aromatic rings. The van der Waals surface area contributed by atoms with E-state index in [-0.39, 0.29) is 18.1 Å². The lowest BCUT2D eigenvalue weighted by molar-refractivity contribution is 0.0975. The fourth-order valence-corrected chi connectivity index (χ4v) is 2.87. The number of fused-ring (bicyclic) bond motifs is 1. The van der Waals surface area contributed by atoms with Gasteiger partial charge in [-0.3, -0.25) is 4.79 Å². The van der Waals surface area contributed by atoms with Gasteiger partial charge in [0.05, 0.1) is 5.56 Å². The van der Waals surface area contributed by atoms with Crippen LogP contribution < -0.4 is 5.73 Å². The largest absolute Gasteiger partial charge is 0.507 e. The van der Waals surface area contributed by atoms with Crippen molar-refractivity contribution in [1.29, 1.82) is 0 Å². The number of benzene rings is 1. The van der Waals surface area contributed by atoms with Crippen LogP contribution in [0.5, 0.6) is 5.75 Å². The Hall–Kier alpha value is -1.35.